The summed E-state index contributed by atoms with van der Waals surface area (Å²) in [7, 11) is 0. The van der Waals surface area contributed by atoms with Gasteiger partial charge < -0.3 is 9.47 Å². The Bertz CT molecular complexity index is 757. The summed E-state index contributed by atoms with van der Waals surface area (Å²) < 4.78 is 13.9. The number of ether oxygens (including phenoxy) is 2. The Balaban J connectivity index is 2.43. The van der Waals surface area contributed by atoms with Gasteiger partial charge in [-0.1, -0.05) is 0 Å². The van der Waals surface area contributed by atoms with Crippen LogP contribution in [0.2, 0.25) is 0 Å². The molecule has 0 aliphatic heterocycles. The number of aromatic nitrogens is 1. The summed E-state index contributed by atoms with van der Waals surface area (Å²) in [6.45, 7) is 1.34. The quantitative estimate of drug-likeness (QED) is 0.447. The maximum Gasteiger partial charge on any atom is 0.344 e. The zero-order valence-corrected chi connectivity index (χ0v) is 12.0. The van der Waals surface area contributed by atoms with Crippen LogP contribution in [0.15, 0.2) is 12.1 Å². The lowest BCUT2D eigenvalue weighted by Gasteiger charge is -2.03. The third-order valence-corrected chi connectivity index (χ3v) is 3.32. The first-order valence-corrected chi connectivity index (χ1v) is 6.72. The average molecular weight is 327 g/mol. The van der Waals surface area contributed by atoms with Gasteiger partial charge in [-0.2, -0.15) is 4.37 Å². The molecule has 116 valence electrons. The van der Waals surface area contributed by atoms with Gasteiger partial charge in [-0.15, -0.1) is 0 Å². The fourth-order valence-corrected chi connectivity index (χ4v) is 2.47. The smallest absolute Gasteiger partial charge is 0.344 e. The van der Waals surface area contributed by atoms with Gasteiger partial charge in [-0.3, -0.25) is 20.2 Å². The van der Waals surface area contributed by atoms with E-state index in [1.807, 2.05) is 0 Å². The van der Waals surface area contributed by atoms with Crippen LogP contribution in [-0.4, -0.2) is 33.4 Å². The molecule has 10 nitrogen and oxygen atoms in total. The fourth-order valence-electron chi connectivity index (χ4n) is 1.69. The van der Waals surface area contributed by atoms with E-state index in [9.17, 15) is 25.0 Å². The monoisotopic (exact) mass is 327 g/mol. The van der Waals surface area contributed by atoms with E-state index < -0.39 is 33.8 Å². The van der Waals surface area contributed by atoms with E-state index in [1.54, 1.807) is 6.92 Å². The van der Waals surface area contributed by atoms with Gasteiger partial charge in [0, 0.05) is 6.07 Å². The SMILES string of the molecule is CCOC(=O)COc1nsc2cc([N+](=O)[O-])cc([N+](=O)[O-])c12. The number of hydrogen-bond acceptors (Lipinski definition) is 9. The number of nitro benzene ring substituents is 2. The summed E-state index contributed by atoms with van der Waals surface area (Å²) in [6, 6.07) is 1.99. The molecule has 0 fully saturated rings. The topological polar surface area (TPSA) is 135 Å². The molecule has 0 saturated carbocycles. The molecule has 22 heavy (non-hydrogen) atoms. The van der Waals surface area contributed by atoms with E-state index in [1.165, 1.54) is 0 Å². The van der Waals surface area contributed by atoms with Crippen molar-refractivity contribution in [1.29, 1.82) is 0 Å². The zero-order chi connectivity index (χ0) is 16.3. The van der Waals surface area contributed by atoms with Crippen LogP contribution in [-0.2, 0) is 9.53 Å². The first-order valence-electron chi connectivity index (χ1n) is 5.94. The zero-order valence-electron chi connectivity index (χ0n) is 11.2. The van der Waals surface area contributed by atoms with Crippen molar-refractivity contribution in [3.05, 3.63) is 32.4 Å². The van der Waals surface area contributed by atoms with Crippen LogP contribution in [0.3, 0.4) is 0 Å². The third-order valence-electron chi connectivity index (χ3n) is 2.55. The first-order chi connectivity index (χ1) is 10.4. The van der Waals surface area contributed by atoms with Crippen LogP contribution in [0.4, 0.5) is 11.4 Å². The Kier molecular flexibility index (Phi) is 4.46. The van der Waals surface area contributed by atoms with Crippen LogP contribution in [0.25, 0.3) is 10.1 Å². The second-order valence-electron chi connectivity index (χ2n) is 3.93. The molecule has 2 aromatic rings. The number of nitro groups is 2. The van der Waals surface area contributed by atoms with Gasteiger partial charge in [0.15, 0.2) is 6.61 Å². The van der Waals surface area contributed by atoms with Crippen molar-refractivity contribution >= 4 is 39.0 Å². The number of esters is 1. The lowest BCUT2D eigenvalue weighted by molar-refractivity contribution is -0.393. The van der Waals surface area contributed by atoms with Crippen LogP contribution in [0.5, 0.6) is 5.88 Å². The number of non-ortho nitro benzene ring substituents is 2. The van der Waals surface area contributed by atoms with Crippen LogP contribution in [0.1, 0.15) is 6.92 Å². The van der Waals surface area contributed by atoms with Crippen molar-refractivity contribution in [3.8, 4) is 5.88 Å². The molecule has 0 unspecified atom stereocenters. The Morgan fingerprint density at radius 1 is 1.32 bits per heavy atom. The minimum atomic E-state index is -0.763. The Morgan fingerprint density at radius 2 is 2.05 bits per heavy atom. The molecule has 0 amide bonds. The Labute approximate surface area is 126 Å². The molecule has 1 aromatic heterocycles. The number of nitrogens with zero attached hydrogens (tertiary/aromatic N) is 3. The van der Waals surface area contributed by atoms with Crippen molar-refractivity contribution in [2.45, 2.75) is 6.92 Å². The molecule has 11 heteroatoms. The molecule has 0 saturated heterocycles. The van der Waals surface area contributed by atoms with Gasteiger partial charge in [-0.25, -0.2) is 4.79 Å². The molecule has 0 bridgehead atoms. The molecule has 0 aliphatic rings. The van der Waals surface area contributed by atoms with E-state index in [-0.39, 0.29) is 22.6 Å². The van der Waals surface area contributed by atoms with Gasteiger partial charge >= 0.3 is 5.97 Å². The van der Waals surface area contributed by atoms with Crippen LogP contribution >= 0.6 is 11.5 Å². The second-order valence-corrected chi connectivity index (χ2v) is 4.74. The molecule has 0 spiro atoms. The maximum atomic E-state index is 11.2. The Morgan fingerprint density at radius 3 is 2.64 bits per heavy atom. The third kappa shape index (κ3) is 3.09. The van der Waals surface area contributed by atoms with Gasteiger partial charge in [0.05, 0.1) is 27.2 Å². The molecule has 1 heterocycles. The minimum Gasteiger partial charge on any atom is -0.464 e. The summed E-state index contributed by atoms with van der Waals surface area (Å²) in [5.41, 5.74) is -0.920. The predicted molar refractivity (Wildman–Crippen MR) is 75.1 cm³/mol. The van der Waals surface area contributed by atoms with E-state index in [2.05, 4.69) is 9.11 Å². The van der Waals surface area contributed by atoms with Crippen LogP contribution in [0, 0.1) is 20.2 Å². The van der Waals surface area contributed by atoms with E-state index in [0.717, 1.165) is 23.7 Å². The summed E-state index contributed by atoms with van der Waals surface area (Å²) in [5.74, 6) is -0.775. The highest BCUT2D eigenvalue weighted by Crippen LogP contribution is 2.39. The lowest BCUT2D eigenvalue weighted by atomic mass is 10.2. The van der Waals surface area contributed by atoms with E-state index in [0.29, 0.717) is 0 Å². The molecule has 0 N–H and O–H groups in total. The molecule has 0 radical (unpaired) electrons. The van der Waals surface area contributed by atoms with Crippen molar-refractivity contribution in [1.82, 2.24) is 4.37 Å². The maximum absolute atomic E-state index is 11.2. The number of hydrogen-bond donors (Lipinski definition) is 0. The highest BCUT2D eigenvalue weighted by Gasteiger charge is 2.25. The molecule has 2 rings (SSSR count). The largest absolute Gasteiger partial charge is 0.464 e. The van der Waals surface area contributed by atoms with Gasteiger partial charge in [0.2, 0.25) is 5.88 Å². The summed E-state index contributed by atoms with van der Waals surface area (Å²) in [5, 5.41) is 21.9. The minimum absolute atomic E-state index is 0.0184. The number of rotatable bonds is 6. The number of benzene rings is 1. The first kappa shape index (κ1) is 15.6. The van der Waals surface area contributed by atoms with Crippen molar-refractivity contribution in [2.24, 2.45) is 0 Å². The normalized spacial score (nSPS) is 10.4. The molecular formula is C11H9N3O7S. The fraction of sp³-hybridized carbons (Fsp3) is 0.273. The highest BCUT2D eigenvalue weighted by molar-refractivity contribution is 7.13. The predicted octanol–water partition coefficient (Wildman–Crippen LogP) is 2.05. The molecular weight excluding hydrogens is 318 g/mol. The van der Waals surface area contributed by atoms with E-state index in [4.69, 9.17) is 4.74 Å². The van der Waals surface area contributed by atoms with Gasteiger partial charge in [0.1, 0.15) is 5.39 Å². The molecule has 0 aliphatic carbocycles. The van der Waals surface area contributed by atoms with Gasteiger partial charge in [0.25, 0.3) is 11.4 Å². The van der Waals surface area contributed by atoms with E-state index >= 15 is 0 Å². The van der Waals surface area contributed by atoms with Crippen molar-refractivity contribution in [2.75, 3.05) is 13.2 Å². The van der Waals surface area contributed by atoms with Crippen molar-refractivity contribution < 1.29 is 24.1 Å². The summed E-state index contributed by atoms with van der Waals surface area (Å²) >= 11 is 0.806. The molecule has 0 atom stereocenters. The Hall–Kier alpha value is -2.82. The number of carbonyl (C=O) groups is 1. The lowest BCUT2D eigenvalue weighted by Crippen LogP contribution is -2.14. The summed E-state index contributed by atoms with van der Waals surface area (Å²) in [6.07, 6.45) is 0. The molecule has 1 aromatic carbocycles. The van der Waals surface area contributed by atoms with Gasteiger partial charge in [-0.05, 0) is 18.5 Å². The average Bonchev–Trinajstić information content (AvgIpc) is 2.87. The number of carbonyl (C=O) groups excluding carboxylic acids is 1. The highest BCUT2D eigenvalue weighted by atomic mass is 32.1. The standard InChI is InChI=1S/C11H9N3O7S/c1-2-20-9(15)5-21-11-10-7(14(18)19)3-6(13(16)17)4-8(10)22-12-11/h3-4H,2,5H2,1H3. The second kappa shape index (κ2) is 6.30. The number of fused-ring (bicyclic) bond motifs is 1. The summed E-state index contributed by atoms with van der Waals surface area (Å²) in [4.78, 5) is 31.6. The van der Waals surface area contributed by atoms with Crippen molar-refractivity contribution in [3.63, 3.8) is 0 Å². The van der Waals surface area contributed by atoms with Crippen LogP contribution < -0.4 is 4.74 Å².